The lowest BCUT2D eigenvalue weighted by atomic mass is 10.2. The maximum absolute atomic E-state index is 12.9. The van der Waals surface area contributed by atoms with Crippen LogP contribution < -0.4 is 15.5 Å². The maximum atomic E-state index is 12.9. The summed E-state index contributed by atoms with van der Waals surface area (Å²) in [5, 5.41) is 11.9. The minimum absolute atomic E-state index is 0.0176. The van der Waals surface area contributed by atoms with Crippen molar-refractivity contribution >= 4 is 56.3 Å². The molecule has 0 aliphatic carbocycles. The minimum atomic E-state index is -0.179. The van der Waals surface area contributed by atoms with Crippen molar-refractivity contribution in [3.63, 3.8) is 0 Å². The lowest BCUT2D eigenvalue weighted by Gasteiger charge is -2.28. The molecule has 1 saturated heterocycles. The van der Waals surface area contributed by atoms with Crippen LogP contribution in [0.1, 0.15) is 15.4 Å². The fraction of sp³-hybridized carbons (Fsp3) is 0.174. The van der Waals surface area contributed by atoms with Gasteiger partial charge in [-0.15, -0.1) is 11.3 Å². The highest BCUT2D eigenvalue weighted by molar-refractivity contribution is 7.20. The van der Waals surface area contributed by atoms with Gasteiger partial charge in [-0.05, 0) is 49.4 Å². The van der Waals surface area contributed by atoms with Gasteiger partial charge in [0.05, 0.1) is 27.8 Å². The average Bonchev–Trinajstić information content (AvgIpc) is 3.36. The van der Waals surface area contributed by atoms with Crippen LogP contribution in [0.25, 0.3) is 15.9 Å². The Morgan fingerprint density at radius 2 is 1.97 bits per heavy atom. The number of thiophene rings is 1. The molecular weight excluding hydrogens is 446 g/mol. The number of amides is 2. The molecule has 2 N–H and O–H groups in total. The number of halogens is 1. The number of nitrogens with zero attached hydrogens (tertiary/aromatic N) is 3. The third-order valence-electron chi connectivity index (χ3n) is 5.38. The summed E-state index contributed by atoms with van der Waals surface area (Å²) in [7, 11) is 0. The Morgan fingerprint density at radius 1 is 1.19 bits per heavy atom. The van der Waals surface area contributed by atoms with Gasteiger partial charge in [-0.25, -0.2) is 4.68 Å². The van der Waals surface area contributed by atoms with E-state index >= 15 is 0 Å². The first-order valence-corrected chi connectivity index (χ1v) is 11.4. The van der Waals surface area contributed by atoms with Crippen molar-refractivity contribution in [1.29, 1.82) is 0 Å². The van der Waals surface area contributed by atoms with E-state index < -0.39 is 0 Å². The van der Waals surface area contributed by atoms with Crippen LogP contribution in [0.4, 0.5) is 11.4 Å². The molecule has 0 radical (unpaired) electrons. The van der Waals surface area contributed by atoms with Crippen LogP contribution in [0.5, 0.6) is 0 Å². The van der Waals surface area contributed by atoms with Gasteiger partial charge in [0.25, 0.3) is 5.91 Å². The summed E-state index contributed by atoms with van der Waals surface area (Å²) < 4.78 is 1.79. The zero-order chi connectivity index (χ0) is 22.2. The molecule has 0 saturated carbocycles. The first-order valence-electron chi connectivity index (χ1n) is 10.2. The van der Waals surface area contributed by atoms with Gasteiger partial charge in [0, 0.05) is 29.9 Å². The van der Waals surface area contributed by atoms with Gasteiger partial charge >= 0.3 is 0 Å². The third-order valence-corrected chi connectivity index (χ3v) is 6.81. The molecule has 0 atom stereocenters. The molecule has 2 aromatic heterocycles. The molecular formula is C23H20ClN5O2S. The second kappa shape index (κ2) is 8.29. The Labute approximate surface area is 193 Å². The molecule has 0 spiro atoms. The Bertz CT molecular complexity index is 1330. The number of aryl methyl sites for hydroxylation is 1. The van der Waals surface area contributed by atoms with Crippen molar-refractivity contribution in [3.8, 4) is 5.69 Å². The van der Waals surface area contributed by atoms with E-state index in [1.807, 2.05) is 66.4 Å². The zero-order valence-corrected chi connectivity index (χ0v) is 18.8. The molecule has 2 amide bonds. The molecule has 7 nitrogen and oxygen atoms in total. The largest absolute Gasteiger partial charge is 0.360 e. The standard InChI is InChI=1S/C23H20ClN5O2S/c1-14-17-12-20(32-23(17)29(27-14)19-5-3-2-4-18(19)24)22(31)26-15-6-8-16(9-7-15)28-11-10-25-21(30)13-28/h2-9,12H,10-11,13H2,1H3,(H,25,30)(H,26,31). The number of carbonyl (C=O) groups excluding carboxylic acids is 2. The molecule has 0 unspecified atom stereocenters. The molecule has 1 aliphatic heterocycles. The van der Waals surface area contributed by atoms with Gasteiger partial charge < -0.3 is 15.5 Å². The molecule has 0 bridgehead atoms. The maximum Gasteiger partial charge on any atom is 0.265 e. The number of rotatable bonds is 4. The van der Waals surface area contributed by atoms with Gasteiger partial charge in [-0.2, -0.15) is 5.10 Å². The number of piperazine rings is 1. The predicted octanol–water partition coefficient (Wildman–Crippen LogP) is 4.24. The van der Waals surface area contributed by atoms with Gasteiger partial charge in [0.1, 0.15) is 4.83 Å². The first-order chi connectivity index (χ1) is 15.5. The summed E-state index contributed by atoms with van der Waals surface area (Å²) in [5.74, 6) is -0.162. The number of nitrogens with one attached hydrogen (secondary N) is 2. The van der Waals surface area contributed by atoms with Crippen LogP contribution in [-0.2, 0) is 4.79 Å². The minimum Gasteiger partial charge on any atom is -0.360 e. The Kier molecular flexibility index (Phi) is 5.32. The summed E-state index contributed by atoms with van der Waals surface area (Å²) >= 11 is 7.74. The number of para-hydroxylation sites is 1. The van der Waals surface area contributed by atoms with Gasteiger partial charge in [-0.3, -0.25) is 9.59 Å². The molecule has 3 heterocycles. The SMILES string of the molecule is Cc1nn(-c2ccccc2Cl)c2sc(C(=O)Nc3ccc(N4CCNC(=O)C4)cc3)cc12. The van der Waals surface area contributed by atoms with E-state index in [9.17, 15) is 9.59 Å². The van der Waals surface area contributed by atoms with E-state index in [-0.39, 0.29) is 11.8 Å². The smallest absolute Gasteiger partial charge is 0.265 e. The number of hydrogen-bond donors (Lipinski definition) is 2. The highest BCUT2D eigenvalue weighted by atomic mass is 35.5. The van der Waals surface area contributed by atoms with Crippen LogP contribution in [0, 0.1) is 6.92 Å². The highest BCUT2D eigenvalue weighted by Gasteiger charge is 2.19. The summed E-state index contributed by atoms with van der Waals surface area (Å²) in [6.07, 6.45) is 0. The van der Waals surface area contributed by atoms with Crippen LogP contribution >= 0.6 is 22.9 Å². The van der Waals surface area contributed by atoms with Crippen LogP contribution in [0.3, 0.4) is 0 Å². The van der Waals surface area contributed by atoms with E-state index in [2.05, 4.69) is 15.7 Å². The van der Waals surface area contributed by atoms with E-state index in [1.54, 1.807) is 4.68 Å². The fourth-order valence-electron chi connectivity index (χ4n) is 3.75. The van der Waals surface area contributed by atoms with E-state index in [0.717, 1.165) is 33.8 Å². The van der Waals surface area contributed by atoms with Crippen molar-refractivity contribution in [2.75, 3.05) is 29.9 Å². The quantitative estimate of drug-likeness (QED) is 0.472. The van der Waals surface area contributed by atoms with E-state index in [0.29, 0.717) is 28.7 Å². The van der Waals surface area contributed by atoms with Crippen LogP contribution in [0.2, 0.25) is 5.02 Å². The monoisotopic (exact) mass is 465 g/mol. The number of anilines is 2. The molecule has 4 aromatic rings. The Morgan fingerprint density at radius 3 is 2.72 bits per heavy atom. The lowest BCUT2D eigenvalue weighted by molar-refractivity contribution is -0.120. The first kappa shape index (κ1) is 20.5. The van der Waals surface area contributed by atoms with Gasteiger partial charge in [0.15, 0.2) is 0 Å². The number of hydrogen-bond acceptors (Lipinski definition) is 5. The Balaban J connectivity index is 1.37. The van der Waals surface area contributed by atoms with Crippen molar-refractivity contribution in [3.05, 3.63) is 70.2 Å². The van der Waals surface area contributed by atoms with Crippen molar-refractivity contribution in [2.45, 2.75) is 6.92 Å². The summed E-state index contributed by atoms with van der Waals surface area (Å²) in [4.78, 5) is 28.0. The summed E-state index contributed by atoms with van der Waals surface area (Å²) in [6.45, 7) is 3.66. The average molecular weight is 466 g/mol. The summed E-state index contributed by atoms with van der Waals surface area (Å²) in [6, 6.07) is 16.9. The van der Waals surface area contributed by atoms with Gasteiger partial charge in [-0.1, -0.05) is 23.7 Å². The molecule has 5 rings (SSSR count). The fourth-order valence-corrected chi connectivity index (χ4v) is 5.04. The van der Waals surface area contributed by atoms with Crippen LogP contribution in [-0.4, -0.2) is 41.2 Å². The summed E-state index contributed by atoms with van der Waals surface area (Å²) in [5.41, 5.74) is 3.27. The molecule has 1 fully saturated rings. The zero-order valence-electron chi connectivity index (χ0n) is 17.3. The van der Waals surface area contributed by atoms with Gasteiger partial charge in [0.2, 0.25) is 5.91 Å². The third kappa shape index (κ3) is 3.83. The highest BCUT2D eigenvalue weighted by Crippen LogP contribution is 2.33. The molecule has 2 aromatic carbocycles. The molecule has 9 heteroatoms. The van der Waals surface area contributed by atoms with Crippen molar-refractivity contribution in [1.82, 2.24) is 15.1 Å². The lowest BCUT2D eigenvalue weighted by Crippen LogP contribution is -2.47. The van der Waals surface area contributed by atoms with E-state index in [4.69, 9.17) is 11.6 Å². The number of carbonyl (C=O) groups is 2. The Hall–Kier alpha value is -3.36. The second-order valence-electron chi connectivity index (χ2n) is 7.55. The second-order valence-corrected chi connectivity index (χ2v) is 8.99. The molecule has 162 valence electrons. The normalized spacial score (nSPS) is 13.9. The number of benzene rings is 2. The predicted molar refractivity (Wildman–Crippen MR) is 128 cm³/mol. The van der Waals surface area contributed by atoms with E-state index in [1.165, 1.54) is 11.3 Å². The number of fused-ring (bicyclic) bond motifs is 1. The molecule has 32 heavy (non-hydrogen) atoms. The van der Waals surface area contributed by atoms with Crippen molar-refractivity contribution in [2.24, 2.45) is 0 Å². The van der Waals surface area contributed by atoms with Crippen LogP contribution in [0.15, 0.2) is 54.6 Å². The molecule has 1 aliphatic rings. The number of aromatic nitrogens is 2. The van der Waals surface area contributed by atoms with Crippen molar-refractivity contribution < 1.29 is 9.59 Å². The topological polar surface area (TPSA) is 79.3 Å².